The Morgan fingerprint density at radius 3 is 2.88 bits per heavy atom. The van der Waals surface area contributed by atoms with Crippen LogP contribution in [0, 0.1) is 11.3 Å². The minimum Gasteiger partial charge on any atom is -0.316 e. The van der Waals surface area contributed by atoms with Gasteiger partial charge in [0, 0.05) is 12.1 Å². The van der Waals surface area contributed by atoms with E-state index in [9.17, 15) is 4.39 Å². The van der Waals surface area contributed by atoms with Crippen LogP contribution < -0.4 is 5.32 Å². The number of piperidine rings is 1. The number of pyridine rings is 1. The van der Waals surface area contributed by atoms with Crippen LogP contribution in [0.25, 0.3) is 0 Å². The average molecular weight is 219 g/mol. The SMILES string of the molecule is N#Cc1cccc(CC2(F)CCNCC2)n1. The molecule has 0 amide bonds. The van der Waals surface area contributed by atoms with Gasteiger partial charge >= 0.3 is 0 Å². The van der Waals surface area contributed by atoms with E-state index >= 15 is 0 Å². The van der Waals surface area contributed by atoms with Crippen LogP contribution >= 0.6 is 0 Å². The zero-order chi connectivity index (χ0) is 11.4. The third kappa shape index (κ3) is 2.56. The van der Waals surface area contributed by atoms with Gasteiger partial charge in [-0.1, -0.05) is 6.07 Å². The summed E-state index contributed by atoms with van der Waals surface area (Å²) in [5.41, 5.74) is -0.134. The molecule has 4 heteroatoms. The van der Waals surface area contributed by atoms with E-state index in [1.165, 1.54) is 0 Å². The zero-order valence-corrected chi connectivity index (χ0v) is 9.04. The van der Waals surface area contributed by atoms with Crippen molar-refractivity contribution in [1.29, 1.82) is 5.26 Å². The van der Waals surface area contributed by atoms with Crippen molar-refractivity contribution in [3.8, 4) is 6.07 Å². The van der Waals surface area contributed by atoms with Crippen molar-refractivity contribution < 1.29 is 4.39 Å². The number of nitrogens with one attached hydrogen (secondary N) is 1. The molecule has 84 valence electrons. The lowest BCUT2D eigenvalue weighted by Crippen LogP contribution is -2.40. The minimum atomic E-state index is -1.16. The van der Waals surface area contributed by atoms with Gasteiger partial charge < -0.3 is 5.32 Å². The number of nitrogens with zero attached hydrogens (tertiary/aromatic N) is 2. The van der Waals surface area contributed by atoms with Gasteiger partial charge in [0.25, 0.3) is 0 Å². The number of hydrogen-bond donors (Lipinski definition) is 1. The highest BCUT2D eigenvalue weighted by atomic mass is 19.1. The van der Waals surface area contributed by atoms with Gasteiger partial charge in [0.15, 0.2) is 0 Å². The van der Waals surface area contributed by atoms with Crippen LogP contribution in [0.2, 0.25) is 0 Å². The molecule has 0 aromatic carbocycles. The number of aromatic nitrogens is 1. The second-order valence-corrected chi connectivity index (χ2v) is 4.20. The molecule has 0 unspecified atom stereocenters. The van der Waals surface area contributed by atoms with Crippen LogP contribution in [-0.2, 0) is 6.42 Å². The molecule has 1 fully saturated rings. The third-order valence-corrected chi connectivity index (χ3v) is 2.92. The Morgan fingerprint density at radius 2 is 2.19 bits per heavy atom. The Bertz CT molecular complexity index is 405. The lowest BCUT2D eigenvalue weighted by Gasteiger charge is -2.29. The van der Waals surface area contributed by atoms with Crippen LogP contribution in [-0.4, -0.2) is 23.7 Å². The molecular weight excluding hydrogens is 205 g/mol. The van der Waals surface area contributed by atoms with Gasteiger partial charge in [-0.25, -0.2) is 9.37 Å². The van der Waals surface area contributed by atoms with Gasteiger partial charge in [0.2, 0.25) is 0 Å². The van der Waals surface area contributed by atoms with E-state index in [2.05, 4.69) is 10.3 Å². The molecule has 3 nitrogen and oxygen atoms in total. The highest BCUT2D eigenvalue weighted by Crippen LogP contribution is 2.27. The van der Waals surface area contributed by atoms with Crippen LogP contribution in [0.3, 0.4) is 0 Å². The molecule has 0 radical (unpaired) electrons. The molecule has 1 aromatic heterocycles. The van der Waals surface area contributed by atoms with E-state index in [1.54, 1.807) is 18.2 Å². The fraction of sp³-hybridized carbons (Fsp3) is 0.500. The van der Waals surface area contributed by atoms with E-state index in [0.717, 1.165) is 0 Å². The van der Waals surface area contributed by atoms with Crippen molar-refractivity contribution in [3.05, 3.63) is 29.6 Å². The molecule has 0 aliphatic carbocycles. The molecule has 1 saturated heterocycles. The van der Waals surface area contributed by atoms with Crippen molar-refractivity contribution in [3.63, 3.8) is 0 Å². The number of hydrogen-bond acceptors (Lipinski definition) is 3. The summed E-state index contributed by atoms with van der Waals surface area (Å²) in [6, 6.07) is 7.14. The van der Waals surface area contributed by atoms with Crippen molar-refractivity contribution in [2.24, 2.45) is 0 Å². The zero-order valence-electron chi connectivity index (χ0n) is 9.04. The molecular formula is C12H14FN3. The largest absolute Gasteiger partial charge is 0.316 e. The van der Waals surface area contributed by atoms with Crippen molar-refractivity contribution >= 4 is 0 Å². The summed E-state index contributed by atoms with van der Waals surface area (Å²) >= 11 is 0. The molecule has 1 aromatic rings. The first kappa shape index (κ1) is 11.0. The predicted molar refractivity (Wildman–Crippen MR) is 58.6 cm³/mol. The Labute approximate surface area is 94.3 Å². The van der Waals surface area contributed by atoms with Gasteiger partial charge in [-0.2, -0.15) is 5.26 Å². The highest BCUT2D eigenvalue weighted by molar-refractivity contribution is 5.23. The second-order valence-electron chi connectivity index (χ2n) is 4.20. The van der Waals surface area contributed by atoms with Crippen LogP contribution in [0.5, 0.6) is 0 Å². The van der Waals surface area contributed by atoms with Crippen LogP contribution in [0.4, 0.5) is 4.39 Å². The number of nitriles is 1. The topological polar surface area (TPSA) is 48.7 Å². The highest BCUT2D eigenvalue weighted by Gasteiger charge is 2.32. The fourth-order valence-electron chi connectivity index (χ4n) is 2.02. The molecule has 1 aliphatic heterocycles. The summed E-state index contributed by atoms with van der Waals surface area (Å²) in [5.74, 6) is 0. The van der Waals surface area contributed by atoms with E-state index in [0.29, 0.717) is 43.7 Å². The van der Waals surface area contributed by atoms with E-state index in [-0.39, 0.29) is 0 Å². The van der Waals surface area contributed by atoms with Crippen molar-refractivity contribution in [2.75, 3.05) is 13.1 Å². The lowest BCUT2D eigenvalue weighted by atomic mass is 9.89. The Hall–Kier alpha value is -1.47. The van der Waals surface area contributed by atoms with Crippen molar-refractivity contribution in [1.82, 2.24) is 10.3 Å². The fourth-order valence-corrected chi connectivity index (χ4v) is 2.02. The third-order valence-electron chi connectivity index (χ3n) is 2.92. The number of halogens is 1. The molecule has 2 heterocycles. The normalized spacial score (nSPS) is 19.0. The van der Waals surface area contributed by atoms with Crippen LogP contribution in [0.1, 0.15) is 24.2 Å². The predicted octanol–water partition coefficient (Wildman–Crippen LogP) is 1.59. The molecule has 0 bridgehead atoms. The maximum absolute atomic E-state index is 14.3. The monoisotopic (exact) mass is 219 g/mol. The first-order chi connectivity index (χ1) is 7.72. The summed E-state index contributed by atoms with van der Waals surface area (Å²) in [4.78, 5) is 4.11. The molecule has 1 N–H and O–H groups in total. The second kappa shape index (κ2) is 4.58. The van der Waals surface area contributed by atoms with Gasteiger partial charge in [-0.3, -0.25) is 0 Å². The van der Waals surface area contributed by atoms with E-state index in [4.69, 9.17) is 5.26 Å². The van der Waals surface area contributed by atoms with Gasteiger partial charge in [0.05, 0.1) is 0 Å². The molecule has 2 rings (SSSR count). The first-order valence-corrected chi connectivity index (χ1v) is 5.48. The molecule has 0 atom stereocenters. The lowest BCUT2D eigenvalue weighted by molar-refractivity contribution is 0.115. The molecule has 1 aliphatic rings. The van der Waals surface area contributed by atoms with Gasteiger partial charge in [-0.15, -0.1) is 0 Å². The maximum atomic E-state index is 14.3. The molecule has 16 heavy (non-hydrogen) atoms. The Morgan fingerprint density at radius 1 is 1.44 bits per heavy atom. The summed E-state index contributed by atoms with van der Waals surface area (Å²) in [6.45, 7) is 1.43. The summed E-state index contributed by atoms with van der Waals surface area (Å²) in [7, 11) is 0. The quantitative estimate of drug-likeness (QED) is 0.821. The molecule has 0 saturated carbocycles. The summed E-state index contributed by atoms with van der Waals surface area (Å²) < 4.78 is 14.3. The van der Waals surface area contributed by atoms with Crippen LogP contribution in [0.15, 0.2) is 18.2 Å². The first-order valence-electron chi connectivity index (χ1n) is 5.48. The smallest absolute Gasteiger partial charge is 0.140 e. The summed E-state index contributed by atoms with van der Waals surface area (Å²) in [6.07, 6.45) is 1.35. The van der Waals surface area contributed by atoms with Gasteiger partial charge in [0.1, 0.15) is 17.4 Å². The molecule has 0 spiro atoms. The number of rotatable bonds is 2. The van der Waals surface area contributed by atoms with E-state index < -0.39 is 5.67 Å². The standard InChI is InChI=1S/C12H14FN3/c13-12(4-6-15-7-5-12)8-10-2-1-3-11(9-14)16-10/h1-3,15H,4-8H2. The number of alkyl halides is 1. The van der Waals surface area contributed by atoms with Gasteiger partial charge in [-0.05, 0) is 38.1 Å². The maximum Gasteiger partial charge on any atom is 0.140 e. The van der Waals surface area contributed by atoms with E-state index in [1.807, 2.05) is 6.07 Å². The minimum absolute atomic E-state index is 0.310. The summed E-state index contributed by atoms with van der Waals surface area (Å²) in [5, 5.41) is 11.9. The Kier molecular flexibility index (Phi) is 3.16. The average Bonchev–Trinajstić information content (AvgIpc) is 2.29. The Balaban J connectivity index is 2.10. The van der Waals surface area contributed by atoms with Crippen molar-refractivity contribution in [2.45, 2.75) is 24.9 Å².